The van der Waals surface area contributed by atoms with E-state index in [1.54, 1.807) is 54.6 Å². The van der Waals surface area contributed by atoms with E-state index in [1.165, 1.54) is 55.6 Å². The van der Waals surface area contributed by atoms with E-state index in [-0.39, 0.29) is 21.0 Å². The van der Waals surface area contributed by atoms with Gasteiger partial charge in [0.15, 0.2) is 0 Å². The van der Waals surface area contributed by atoms with Crippen LogP contribution in [0.15, 0.2) is 113 Å². The van der Waals surface area contributed by atoms with Crippen LogP contribution in [0.1, 0.15) is 10.4 Å². The van der Waals surface area contributed by atoms with E-state index >= 15 is 0 Å². The Balaban J connectivity index is 1.53. The van der Waals surface area contributed by atoms with E-state index in [2.05, 4.69) is 10.0 Å². The molecule has 11 heteroatoms. The van der Waals surface area contributed by atoms with Crippen molar-refractivity contribution in [3.8, 4) is 0 Å². The van der Waals surface area contributed by atoms with Gasteiger partial charge in [-0.3, -0.25) is 13.8 Å². The average molecular weight is 556 g/mol. The largest absolute Gasteiger partial charge is 0.322 e. The third kappa shape index (κ3) is 5.93. The highest BCUT2D eigenvalue weighted by Crippen LogP contribution is 2.27. The van der Waals surface area contributed by atoms with Gasteiger partial charge < -0.3 is 5.32 Å². The number of amides is 1. The molecule has 2 N–H and O–H groups in total. The zero-order valence-corrected chi connectivity index (χ0v) is 21.9. The van der Waals surface area contributed by atoms with Crippen LogP contribution < -0.4 is 14.3 Å². The fourth-order valence-corrected chi connectivity index (χ4v) is 5.89. The highest BCUT2D eigenvalue weighted by atomic mass is 35.5. The lowest BCUT2D eigenvalue weighted by molar-refractivity contribution is 0.102. The Morgan fingerprint density at radius 1 is 0.703 bits per heavy atom. The smallest absolute Gasteiger partial charge is 0.264 e. The predicted molar refractivity (Wildman–Crippen MR) is 145 cm³/mol. The molecule has 1 amide bonds. The molecule has 0 saturated heterocycles. The first-order chi connectivity index (χ1) is 17.6. The number of rotatable bonds is 8. The van der Waals surface area contributed by atoms with Crippen LogP contribution in [0.25, 0.3) is 0 Å². The molecule has 0 fully saturated rings. The van der Waals surface area contributed by atoms with Crippen LogP contribution in [0.4, 0.5) is 17.1 Å². The van der Waals surface area contributed by atoms with E-state index in [1.807, 2.05) is 0 Å². The monoisotopic (exact) mass is 555 g/mol. The summed E-state index contributed by atoms with van der Waals surface area (Å²) in [5, 5.41) is 3.17. The van der Waals surface area contributed by atoms with Gasteiger partial charge in [-0.2, -0.15) is 0 Å². The normalized spacial score (nSPS) is 11.5. The van der Waals surface area contributed by atoms with E-state index in [9.17, 15) is 21.6 Å². The highest BCUT2D eigenvalue weighted by Gasteiger charge is 2.25. The lowest BCUT2D eigenvalue weighted by atomic mass is 10.1. The number of halogens is 1. The molecule has 0 unspecified atom stereocenters. The summed E-state index contributed by atoms with van der Waals surface area (Å²) < 4.78 is 55.0. The maximum absolute atomic E-state index is 13.1. The molecule has 0 aliphatic rings. The molecule has 4 rings (SSSR count). The Morgan fingerprint density at radius 3 is 1.92 bits per heavy atom. The molecule has 0 heterocycles. The van der Waals surface area contributed by atoms with Gasteiger partial charge in [0, 0.05) is 23.4 Å². The third-order valence-corrected chi connectivity index (χ3v) is 8.84. The van der Waals surface area contributed by atoms with Crippen LogP contribution in [-0.4, -0.2) is 29.8 Å². The van der Waals surface area contributed by atoms with Crippen LogP contribution in [0.5, 0.6) is 0 Å². The summed E-state index contributed by atoms with van der Waals surface area (Å²) in [4.78, 5) is 13.2. The van der Waals surface area contributed by atoms with Crippen molar-refractivity contribution in [3.05, 3.63) is 114 Å². The Kier molecular flexibility index (Phi) is 7.53. The average Bonchev–Trinajstić information content (AvgIpc) is 2.90. The molecular weight excluding hydrogens is 534 g/mol. The van der Waals surface area contributed by atoms with Gasteiger partial charge in [-0.05, 0) is 72.8 Å². The third-order valence-electron chi connectivity index (χ3n) is 5.41. The number of nitrogens with zero attached hydrogens (tertiary/aromatic N) is 1. The van der Waals surface area contributed by atoms with Crippen molar-refractivity contribution in [2.45, 2.75) is 9.79 Å². The minimum absolute atomic E-state index is 0.00506. The summed E-state index contributed by atoms with van der Waals surface area (Å²) in [6.45, 7) is 0. The number of para-hydroxylation sites is 1. The van der Waals surface area contributed by atoms with Gasteiger partial charge in [0.1, 0.15) is 0 Å². The Hall–Kier alpha value is -3.86. The summed E-state index contributed by atoms with van der Waals surface area (Å²) >= 11 is 5.84. The molecule has 4 aromatic carbocycles. The molecule has 37 heavy (non-hydrogen) atoms. The van der Waals surface area contributed by atoms with E-state index in [4.69, 9.17) is 11.6 Å². The molecule has 0 aliphatic carbocycles. The fourth-order valence-electron chi connectivity index (χ4n) is 3.47. The molecular formula is C26H22ClN3O5S2. The first-order valence-corrected chi connectivity index (χ1v) is 14.2. The predicted octanol–water partition coefficient (Wildman–Crippen LogP) is 5.22. The second kappa shape index (κ2) is 10.6. The van der Waals surface area contributed by atoms with E-state index in [0.717, 1.165) is 4.31 Å². The van der Waals surface area contributed by atoms with Crippen molar-refractivity contribution in [1.82, 2.24) is 0 Å². The summed E-state index contributed by atoms with van der Waals surface area (Å²) in [6, 6.07) is 26.0. The van der Waals surface area contributed by atoms with Crippen molar-refractivity contribution in [2.24, 2.45) is 0 Å². The maximum Gasteiger partial charge on any atom is 0.264 e. The zero-order valence-electron chi connectivity index (χ0n) is 19.5. The molecule has 0 aliphatic heterocycles. The number of sulfonamides is 2. The molecule has 0 bridgehead atoms. The Labute approximate surface area is 220 Å². The summed E-state index contributed by atoms with van der Waals surface area (Å²) in [5.41, 5.74) is 1.01. The van der Waals surface area contributed by atoms with Crippen LogP contribution in [-0.2, 0) is 20.0 Å². The number of anilines is 3. The van der Waals surface area contributed by atoms with Gasteiger partial charge in [-0.25, -0.2) is 16.8 Å². The molecule has 0 radical (unpaired) electrons. The molecule has 0 spiro atoms. The van der Waals surface area contributed by atoms with Gasteiger partial charge in [-0.1, -0.05) is 41.9 Å². The second-order valence-electron chi connectivity index (χ2n) is 7.89. The second-order valence-corrected chi connectivity index (χ2v) is 12.0. The SMILES string of the molecule is CN(c1ccccc1C(=O)Nc1ccc(S(=O)(=O)Nc2ccc(Cl)cc2)cc1)S(=O)(=O)c1ccccc1. The Bertz CT molecular complexity index is 1630. The number of benzene rings is 4. The number of carbonyl (C=O) groups is 1. The molecule has 0 aromatic heterocycles. The van der Waals surface area contributed by atoms with Crippen molar-refractivity contribution < 1.29 is 21.6 Å². The minimum Gasteiger partial charge on any atom is -0.322 e. The lowest BCUT2D eigenvalue weighted by Crippen LogP contribution is -2.29. The zero-order chi connectivity index (χ0) is 26.6. The van der Waals surface area contributed by atoms with Gasteiger partial charge in [-0.15, -0.1) is 0 Å². The molecule has 0 saturated carbocycles. The van der Waals surface area contributed by atoms with Crippen molar-refractivity contribution in [3.63, 3.8) is 0 Å². The standard InChI is InChI=1S/C26H22ClN3O5S2/c1-30(37(34,35)23-7-3-2-4-8-23)25-10-6-5-9-24(25)26(31)28-20-15-17-22(18-16-20)36(32,33)29-21-13-11-19(27)12-14-21/h2-18,29H,1H3,(H,28,31). The Morgan fingerprint density at radius 2 is 1.27 bits per heavy atom. The fraction of sp³-hybridized carbons (Fsp3) is 0.0385. The van der Waals surface area contributed by atoms with Crippen LogP contribution >= 0.6 is 11.6 Å². The van der Waals surface area contributed by atoms with Gasteiger partial charge in [0.05, 0.1) is 21.0 Å². The van der Waals surface area contributed by atoms with Gasteiger partial charge >= 0.3 is 0 Å². The number of hydrogen-bond donors (Lipinski definition) is 2. The van der Waals surface area contributed by atoms with Gasteiger partial charge in [0.2, 0.25) is 0 Å². The topological polar surface area (TPSA) is 113 Å². The maximum atomic E-state index is 13.1. The van der Waals surface area contributed by atoms with Crippen LogP contribution in [0.3, 0.4) is 0 Å². The molecule has 4 aromatic rings. The summed E-state index contributed by atoms with van der Waals surface area (Å²) in [6.07, 6.45) is 0. The number of carbonyl (C=O) groups excluding carboxylic acids is 1. The first-order valence-electron chi connectivity index (χ1n) is 10.9. The number of hydrogen-bond acceptors (Lipinski definition) is 5. The molecule has 8 nitrogen and oxygen atoms in total. The summed E-state index contributed by atoms with van der Waals surface area (Å²) in [7, 11) is -6.39. The minimum atomic E-state index is -3.90. The van der Waals surface area contributed by atoms with Gasteiger partial charge in [0.25, 0.3) is 26.0 Å². The molecule has 190 valence electrons. The van der Waals surface area contributed by atoms with Crippen molar-refractivity contribution in [2.75, 3.05) is 21.4 Å². The van der Waals surface area contributed by atoms with Crippen LogP contribution in [0, 0.1) is 0 Å². The molecule has 0 atom stereocenters. The summed E-state index contributed by atoms with van der Waals surface area (Å²) in [5.74, 6) is -0.555. The van der Waals surface area contributed by atoms with E-state index in [0.29, 0.717) is 16.4 Å². The van der Waals surface area contributed by atoms with Crippen LogP contribution in [0.2, 0.25) is 5.02 Å². The lowest BCUT2D eigenvalue weighted by Gasteiger charge is -2.22. The quantitative estimate of drug-likeness (QED) is 0.309. The first kappa shape index (κ1) is 26.2. The van der Waals surface area contributed by atoms with E-state index < -0.39 is 26.0 Å². The van der Waals surface area contributed by atoms with Crippen molar-refractivity contribution >= 4 is 54.6 Å². The van der Waals surface area contributed by atoms with Crippen molar-refractivity contribution in [1.29, 1.82) is 0 Å². The number of nitrogens with one attached hydrogen (secondary N) is 2. The highest BCUT2D eigenvalue weighted by molar-refractivity contribution is 7.93.